The summed E-state index contributed by atoms with van der Waals surface area (Å²) in [4.78, 5) is 2.40. The fourth-order valence-electron chi connectivity index (χ4n) is 2.86. The molecule has 0 radical (unpaired) electrons. The van der Waals surface area contributed by atoms with Crippen molar-refractivity contribution in [2.75, 3.05) is 25.9 Å². The van der Waals surface area contributed by atoms with Gasteiger partial charge in [0.15, 0.2) is 0 Å². The van der Waals surface area contributed by atoms with E-state index in [2.05, 4.69) is 43.2 Å². The first-order chi connectivity index (χ1) is 9.08. The summed E-state index contributed by atoms with van der Waals surface area (Å²) in [6, 6.07) is 9.21. The minimum Gasteiger partial charge on any atom is -0.398 e. The number of anilines is 1. The van der Waals surface area contributed by atoms with Crippen LogP contribution in [0.5, 0.6) is 0 Å². The molecule has 2 rings (SSSR count). The predicted octanol–water partition coefficient (Wildman–Crippen LogP) is 2.65. The molecule has 1 aromatic carbocycles. The molecule has 0 saturated carbocycles. The summed E-state index contributed by atoms with van der Waals surface area (Å²) < 4.78 is 0. The molecule has 1 heterocycles. The van der Waals surface area contributed by atoms with Crippen LogP contribution in [0.15, 0.2) is 24.3 Å². The topological polar surface area (TPSA) is 41.3 Å². The molecular weight excluding hydrogens is 234 g/mol. The maximum atomic E-state index is 6.14. The Labute approximate surface area is 117 Å². The Morgan fingerprint density at radius 2 is 1.84 bits per heavy atom. The minimum absolute atomic E-state index is 0.356. The summed E-state index contributed by atoms with van der Waals surface area (Å²) in [7, 11) is 2.20. The van der Waals surface area contributed by atoms with E-state index in [0.717, 1.165) is 5.69 Å². The van der Waals surface area contributed by atoms with Gasteiger partial charge in [0.1, 0.15) is 0 Å². The fraction of sp³-hybridized carbons (Fsp3) is 0.625. The maximum Gasteiger partial charge on any atom is 0.0366 e. The zero-order chi connectivity index (χ0) is 13.8. The van der Waals surface area contributed by atoms with Crippen LogP contribution in [0.1, 0.15) is 38.3 Å². The van der Waals surface area contributed by atoms with Crippen molar-refractivity contribution in [3.63, 3.8) is 0 Å². The average molecular weight is 261 g/mol. The Morgan fingerprint density at radius 3 is 2.42 bits per heavy atom. The lowest BCUT2D eigenvalue weighted by molar-refractivity contribution is 0.214. The fourth-order valence-corrected chi connectivity index (χ4v) is 2.86. The Balaban J connectivity index is 2.07. The van der Waals surface area contributed by atoms with E-state index in [4.69, 9.17) is 5.73 Å². The monoisotopic (exact) mass is 261 g/mol. The zero-order valence-corrected chi connectivity index (χ0v) is 12.4. The van der Waals surface area contributed by atoms with Crippen molar-refractivity contribution in [3.8, 4) is 0 Å². The number of piperidine rings is 1. The van der Waals surface area contributed by atoms with Gasteiger partial charge in [0.05, 0.1) is 0 Å². The van der Waals surface area contributed by atoms with Crippen LogP contribution in [-0.2, 0) is 0 Å². The Bertz CT molecular complexity index is 395. The molecule has 106 valence electrons. The van der Waals surface area contributed by atoms with Crippen LogP contribution < -0.4 is 11.1 Å². The lowest BCUT2D eigenvalue weighted by Gasteiger charge is -2.34. The van der Waals surface area contributed by atoms with Gasteiger partial charge >= 0.3 is 0 Å². The van der Waals surface area contributed by atoms with E-state index in [1.165, 1.54) is 31.5 Å². The standard InChI is InChI=1S/C16H27N3/c1-12(2)16(14-6-4-5-7-15(14)17)18-13-8-10-19(3)11-9-13/h4-7,12-13,16,18H,8-11,17H2,1-3H3. The van der Waals surface area contributed by atoms with E-state index in [-0.39, 0.29) is 0 Å². The van der Waals surface area contributed by atoms with Crippen LogP contribution in [0.25, 0.3) is 0 Å². The first kappa shape index (κ1) is 14.4. The van der Waals surface area contributed by atoms with Gasteiger partial charge in [-0.05, 0) is 50.5 Å². The number of nitrogen functional groups attached to an aromatic ring is 1. The van der Waals surface area contributed by atoms with Crippen LogP contribution in [0.4, 0.5) is 5.69 Å². The summed E-state index contributed by atoms with van der Waals surface area (Å²) in [6.45, 7) is 6.90. The van der Waals surface area contributed by atoms with Crippen molar-refractivity contribution in [3.05, 3.63) is 29.8 Å². The van der Waals surface area contributed by atoms with Crippen molar-refractivity contribution < 1.29 is 0 Å². The maximum absolute atomic E-state index is 6.14. The summed E-state index contributed by atoms with van der Waals surface area (Å²) in [5.74, 6) is 0.546. The predicted molar refractivity (Wildman–Crippen MR) is 82.1 cm³/mol. The van der Waals surface area contributed by atoms with Gasteiger partial charge in [-0.25, -0.2) is 0 Å². The molecule has 0 spiro atoms. The van der Waals surface area contributed by atoms with Crippen molar-refractivity contribution in [1.29, 1.82) is 0 Å². The molecular formula is C16H27N3. The van der Waals surface area contributed by atoms with Gasteiger partial charge in [-0.15, -0.1) is 0 Å². The van der Waals surface area contributed by atoms with E-state index in [1.807, 2.05) is 12.1 Å². The van der Waals surface area contributed by atoms with E-state index < -0.39 is 0 Å². The minimum atomic E-state index is 0.356. The Kier molecular flexibility index (Phi) is 4.83. The van der Waals surface area contributed by atoms with E-state index in [0.29, 0.717) is 18.0 Å². The highest BCUT2D eigenvalue weighted by molar-refractivity contribution is 5.48. The second-order valence-corrected chi connectivity index (χ2v) is 6.09. The highest BCUT2D eigenvalue weighted by Crippen LogP contribution is 2.28. The van der Waals surface area contributed by atoms with Crippen LogP contribution in [-0.4, -0.2) is 31.1 Å². The van der Waals surface area contributed by atoms with Gasteiger partial charge in [-0.1, -0.05) is 32.0 Å². The van der Waals surface area contributed by atoms with Crippen LogP contribution in [0.2, 0.25) is 0 Å². The molecule has 1 unspecified atom stereocenters. The summed E-state index contributed by atoms with van der Waals surface area (Å²) >= 11 is 0. The van der Waals surface area contributed by atoms with Gasteiger partial charge in [0.25, 0.3) is 0 Å². The van der Waals surface area contributed by atoms with Crippen LogP contribution in [0, 0.1) is 5.92 Å². The smallest absolute Gasteiger partial charge is 0.0366 e. The third-order valence-corrected chi connectivity index (χ3v) is 4.13. The van der Waals surface area contributed by atoms with Gasteiger partial charge in [-0.3, -0.25) is 0 Å². The van der Waals surface area contributed by atoms with Gasteiger partial charge in [0, 0.05) is 17.8 Å². The highest BCUT2D eigenvalue weighted by atomic mass is 15.1. The molecule has 3 nitrogen and oxygen atoms in total. The van der Waals surface area contributed by atoms with E-state index in [9.17, 15) is 0 Å². The summed E-state index contributed by atoms with van der Waals surface area (Å²) in [5, 5.41) is 3.83. The summed E-state index contributed by atoms with van der Waals surface area (Å²) in [5.41, 5.74) is 8.29. The highest BCUT2D eigenvalue weighted by Gasteiger charge is 2.23. The molecule has 3 heteroatoms. The first-order valence-corrected chi connectivity index (χ1v) is 7.37. The number of benzene rings is 1. The third-order valence-electron chi connectivity index (χ3n) is 4.13. The molecule has 0 aromatic heterocycles. The number of nitrogens with one attached hydrogen (secondary N) is 1. The third kappa shape index (κ3) is 3.71. The van der Waals surface area contributed by atoms with Crippen molar-refractivity contribution in [1.82, 2.24) is 10.2 Å². The molecule has 1 aliphatic rings. The second-order valence-electron chi connectivity index (χ2n) is 6.09. The molecule has 1 fully saturated rings. The first-order valence-electron chi connectivity index (χ1n) is 7.37. The molecule has 1 aliphatic heterocycles. The molecule has 3 N–H and O–H groups in total. The molecule has 0 amide bonds. The molecule has 1 aromatic rings. The van der Waals surface area contributed by atoms with E-state index >= 15 is 0 Å². The largest absolute Gasteiger partial charge is 0.398 e. The number of likely N-dealkylation sites (tertiary alicyclic amines) is 1. The normalized spacial score (nSPS) is 19.8. The molecule has 1 saturated heterocycles. The van der Waals surface area contributed by atoms with Gasteiger partial charge < -0.3 is 16.0 Å². The van der Waals surface area contributed by atoms with Crippen LogP contribution in [0.3, 0.4) is 0 Å². The SMILES string of the molecule is CC(C)C(NC1CCN(C)CC1)c1ccccc1N. The molecule has 1 atom stereocenters. The number of hydrogen-bond donors (Lipinski definition) is 2. The number of nitrogens with zero attached hydrogens (tertiary/aromatic N) is 1. The molecule has 0 aliphatic carbocycles. The van der Waals surface area contributed by atoms with Gasteiger partial charge in [0.2, 0.25) is 0 Å². The molecule has 0 bridgehead atoms. The second kappa shape index (κ2) is 6.40. The van der Waals surface area contributed by atoms with Crippen molar-refractivity contribution in [2.24, 2.45) is 5.92 Å². The van der Waals surface area contributed by atoms with Crippen molar-refractivity contribution >= 4 is 5.69 Å². The van der Waals surface area contributed by atoms with Crippen molar-refractivity contribution in [2.45, 2.75) is 38.8 Å². The lowest BCUT2D eigenvalue weighted by atomic mass is 9.92. The van der Waals surface area contributed by atoms with E-state index in [1.54, 1.807) is 0 Å². The number of para-hydroxylation sites is 1. The number of rotatable bonds is 4. The zero-order valence-electron chi connectivity index (χ0n) is 12.4. The Morgan fingerprint density at radius 1 is 1.21 bits per heavy atom. The molecule has 19 heavy (non-hydrogen) atoms. The lowest BCUT2D eigenvalue weighted by Crippen LogP contribution is -2.43. The van der Waals surface area contributed by atoms with Crippen LogP contribution >= 0.6 is 0 Å². The Hall–Kier alpha value is -1.06. The van der Waals surface area contributed by atoms with Gasteiger partial charge in [-0.2, -0.15) is 0 Å². The quantitative estimate of drug-likeness (QED) is 0.819. The summed E-state index contributed by atoms with van der Waals surface area (Å²) in [6.07, 6.45) is 2.46. The number of hydrogen-bond acceptors (Lipinski definition) is 3. The average Bonchev–Trinajstić information content (AvgIpc) is 2.39. The number of nitrogens with two attached hydrogens (primary N) is 1.